The molecule has 0 unspecified atom stereocenters. The van der Waals surface area contributed by atoms with Crippen LogP contribution in [0.1, 0.15) is 0 Å². The van der Waals surface area contributed by atoms with Gasteiger partial charge in [0.1, 0.15) is 0 Å². The van der Waals surface area contributed by atoms with Gasteiger partial charge in [-0.25, -0.2) is 4.79 Å². The first kappa shape index (κ1) is 11.0. The smallest absolute Gasteiger partial charge is 0.419 e. The van der Waals surface area contributed by atoms with Crippen LogP contribution in [-0.4, -0.2) is 37.8 Å². The third-order valence-electron chi connectivity index (χ3n) is 0.842. The number of hydrogen-bond donors (Lipinski definition) is 0. The Kier molecular flexibility index (Phi) is 3.81. The molecular weight excluding hydrogens is 179 g/mol. The number of carbonyl (C=O) groups excluding carboxylic acids is 1. The lowest BCUT2D eigenvalue weighted by molar-refractivity contribution is -0.363. The number of nitrogens with zero attached hydrogens (tertiary/aromatic N) is 1. The summed E-state index contributed by atoms with van der Waals surface area (Å²) < 4.78 is 38.7. The van der Waals surface area contributed by atoms with Crippen LogP contribution in [-0.2, 0) is 9.68 Å². The largest absolute Gasteiger partial charge is 0.440 e. The Bertz CT molecular complexity index is 162. The van der Waals surface area contributed by atoms with E-state index in [1.807, 2.05) is 0 Å². The van der Waals surface area contributed by atoms with Crippen LogP contribution in [0.25, 0.3) is 0 Å². The summed E-state index contributed by atoms with van der Waals surface area (Å²) in [5.41, 5.74) is 0. The van der Waals surface area contributed by atoms with Gasteiger partial charge in [-0.1, -0.05) is 0 Å². The molecule has 0 aliphatic rings. The molecule has 0 saturated carbocycles. The number of rotatable bonds is 3. The van der Waals surface area contributed by atoms with E-state index >= 15 is 0 Å². The molecule has 0 fully saturated rings. The predicted octanol–water partition coefficient (Wildman–Crippen LogP) is 1.18. The van der Waals surface area contributed by atoms with Crippen LogP contribution in [0.2, 0.25) is 0 Å². The summed E-state index contributed by atoms with van der Waals surface area (Å²) in [6.07, 6.45) is -5.07. The number of hydrogen-bond acceptors (Lipinski definition) is 3. The molecule has 0 bridgehead atoms. The first-order chi connectivity index (χ1) is 5.39. The van der Waals surface area contributed by atoms with Gasteiger partial charge in [-0.2, -0.15) is 8.78 Å². The molecule has 0 heterocycles. The van der Waals surface area contributed by atoms with Crippen molar-refractivity contribution in [3.8, 4) is 0 Å². The van der Waals surface area contributed by atoms with Gasteiger partial charge in [-0.15, -0.1) is 4.94 Å². The summed E-state index contributed by atoms with van der Waals surface area (Å²) in [4.78, 5) is 13.7. The first-order valence-electron chi connectivity index (χ1n) is 2.90. The summed E-state index contributed by atoms with van der Waals surface area (Å²) in [6, 6.07) is 0. The van der Waals surface area contributed by atoms with Crippen molar-refractivity contribution in [2.45, 2.75) is 6.11 Å². The van der Waals surface area contributed by atoms with E-state index in [1.165, 1.54) is 14.1 Å². The van der Waals surface area contributed by atoms with Crippen LogP contribution in [0, 0.1) is 0 Å². The molecule has 7 heteroatoms. The zero-order valence-electron chi connectivity index (χ0n) is 6.51. The molecule has 72 valence electrons. The fraction of sp³-hybridized carbons (Fsp3) is 0.800. The number of carbonyl (C=O) groups is 1. The van der Waals surface area contributed by atoms with Crippen LogP contribution in [0.3, 0.4) is 0 Å². The summed E-state index contributed by atoms with van der Waals surface area (Å²) in [6.45, 7) is -1.44. The summed E-state index contributed by atoms with van der Waals surface area (Å²) >= 11 is 0. The zero-order valence-corrected chi connectivity index (χ0v) is 6.51. The second-order valence-corrected chi connectivity index (χ2v) is 2.16. The SMILES string of the molecule is CN(C)C(=O)OCC(F)(F)OF. The Balaban J connectivity index is 3.76. The highest BCUT2D eigenvalue weighted by molar-refractivity contribution is 5.66. The summed E-state index contributed by atoms with van der Waals surface area (Å²) in [7, 11) is 2.60. The van der Waals surface area contributed by atoms with E-state index in [0.29, 0.717) is 0 Å². The molecule has 0 aromatic heterocycles. The predicted molar refractivity (Wildman–Crippen MR) is 32.2 cm³/mol. The summed E-state index contributed by atoms with van der Waals surface area (Å²) in [5.74, 6) is 0. The number of halogens is 3. The van der Waals surface area contributed by atoms with Crippen molar-refractivity contribution in [1.82, 2.24) is 4.90 Å². The Morgan fingerprint density at radius 1 is 1.50 bits per heavy atom. The van der Waals surface area contributed by atoms with Crippen LogP contribution in [0.15, 0.2) is 0 Å². The minimum absolute atomic E-state index is 0.925. The lowest BCUT2D eigenvalue weighted by Crippen LogP contribution is -2.31. The lowest BCUT2D eigenvalue weighted by atomic mass is 10.7. The highest BCUT2D eigenvalue weighted by Crippen LogP contribution is 2.15. The van der Waals surface area contributed by atoms with Gasteiger partial charge in [-0.3, -0.25) is 0 Å². The van der Waals surface area contributed by atoms with Gasteiger partial charge in [0.2, 0.25) is 0 Å². The molecule has 0 N–H and O–H groups in total. The summed E-state index contributed by atoms with van der Waals surface area (Å²) in [5, 5.41) is 0. The van der Waals surface area contributed by atoms with Crippen molar-refractivity contribution in [2.75, 3.05) is 20.7 Å². The van der Waals surface area contributed by atoms with Gasteiger partial charge in [0, 0.05) is 14.1 Å². The van der Waals surface area contributed by atoms with Crippen LogP contribution in [0.4, 0.5) is 18.1 Å². The molecule has 4 nitrogen and oxygen atoms in total. The van der Waals surface area contributed by atoms with Crippen LogP contribution >= 0.6 is 0 Å². The maximum absolute atomic E-state index is 11.9. The third kappa shape index (κ3) is 4.02. The molecule has 12 heavy (non-hydrogen) atoms. The number of ether oxygens (including phenoxy) is 1. The molecule has 0 radical (unpaired) electrons. The van der Waals surface area contributed by atoms with Gasteiger partial charge in [-0.05, 0) is 4.53 Å². The van der Waals surface area contributed by atoms with Crippen LogP contribution in [0.5, 0.6) is 0 Å². The van der Waals surface area contributed by atoms with Gasteiger partial charge in [0.15, 0.2) is 6.61 Å². The molecule has 0 spiro atoms. The van der Waals surface area contributed by atoms with E-state index in [2.05, 4.69) is 9.68 Å². The highest BCUT2D eigenvalue weighted by Gasteiger charge is 2.33. The first-order valence-corrected chi connectivity index (χ1v) is 2.90. The lowest BCUT2D eigenvalue weighted by Gasteiger charge is -2.13. The van der Waals surface area contributed by atoms with E-state index in [0.717, 1.165) is 4.90 Å². The second-order valence-electron chi connectivity index (χ2n) is 2.16. The van der Waals surface area contributed by atoms with Crippen molar-refractivity contribution >= 4 is 6.09 Å². The number of alkyl halides is 2. The quantitative estimate of drug-likeness (QED) is 0.665. The van der Waals surface area contributed by atoms with Crippen molar-refractivity contribution in [1.29, 1.82) is 0 Å². The third-order valence-corrected chi connectivity index (χ3v) is 0.842. The molecule has 0 aliphatic heterocycles. The maximum atomic E-state index is 11.9. The molecule has 1 amide bonds. The normalized spacial score (nSPS) is 11.1. The fourth-order valence-electron chi connectivity index (χ4n) is 0.297. The Hall–Kier alpha value is -0.980. The average Bonchev–Trinajstić information content (AvgIpc) is 2.00. The topological polar surface area (TPSA) is 38.8 Å². The standard InChI is InChI=1S/C5H8F3NO3/c1-9(2)4(10)11-3-5(6,7)12-8/h3H2,1-2H3. The average molecular weight is 187 g/mol. The van der Waals surface area contributed by atoms with E-state index in [4.69, 9.17) is 0 Å². The van der Waals surface area contributed by atoms with Crippen molar-refractivity contribution in [3.05, 3.63) is 0 Å². The van der Waals surface area contributed by atoms with E-state index in [9.17, 15) is 18.1 Å². The molecular formula is C5H8F3NO3. The van der Waals surface area contributed by atoms with Gasteiger partial charge < -0.3 is 9.64 Å². The Morgan fingerprint density at radius 3 is 2.33 bits per heavy atom. The van der Waals surface area contributed by atoms with Gasteiger partial charge in [0.25, 0.3) is 0 Å². The second kappa shape index (κ2) is 4.15. The van der Waals surface area contributed by atoms with E-state index in [-0.39, 0.29) is 0 Å². The molecule has 0 aliphatic carbocycles. The molecule has 0 aromatic rings. The van der Waals surface area contributed by atoms with Gasteiger partial charge in [0.05, 0.1) is 0 Å². The minimum Gasteiger partial charge on any atom is -0.440 e. The number of amides is 1. The molecule has 0 saturated heterocycles. The van der Waals surface area contributed by atoms with E-state index < -0.39 is 18.8 Å². The van der Waals surface area contributed by atoms with Crippen molar-refractivity contribution in [3.63, 3.8) is 0 Å². The maximum Gasteiger partial charge on any atom is 0.419 e. The Labute approximate surface area is 66.7 Å². The highest BCUT2D eigenvalue weighted by atomic mass is 19.4. The molecule has 0 rings (SSSR count). The monoisotopic (exact) mass is 187 g/mol. The van der Waals surface area contributed by atoms with E-state index in [1.54, 1.807) is 0 Å². The zero-order chi connectivity index (χ0) is 9.78. The molecule has 0 atom stereocenters. The Morgan fingerprint density at radius 2 is 2.00 bits per heavy atom. The van der Waals surface area contributed by atoms with Crippen molar-refractivity contribution < 1.29 is 27.8 Å². The fourth-order valence-corrected chi connectivity index (χ4v) is 0.297. The minimum atomic E-state index is -4.08. The van der Waals surface area contributed by atoms with Crippen molar-refractivity contribution in [2.24, 2.45) is 0 Å². The molecule has 0 aromatic carbocycles. The van der Waals surface area contributed by atoms with Gasteiger partial charge >= 0.3 is 12.2 Å². The van der Waals surface area contributed by atoms with Crippen LogP contribution < -0.4 is 0 Å².